The molecule has 0 bridgehead atoms. The summed E-state index contributed by atoms with van der Waals surface area (Å²) in [6.07, 6.45) is 1.66. The normalized spacial score (nSPS) is 17.7. The number of carbonyl (C=O) groups is 3. The number of cyclic esters (lactones) is 1. The summed E-state index contributed by atoms with van der Waals surface area (Å²) in [6, 6.07) is 15.0. The van der Waals surface area contributed by atoms with Gasteiger partial charge in [0.05, 0.1) is 17.3 Å². The molecule has 7 nitrogen and oxygen atoms in total. The molecule has 166 valence electrons. The van der Waals surface area contributed by atoms with E-state index in [0.717, 1.165) is 29.5 Å². The maximum atomic E-state index is 12.9. The maximum Gasteiger partial charge on any atom is 0.338 e. The maximum absolute atomic E-state index is 12.9. The van der Waals surface area contributed by atoms with Crippen LogP contribution in [0.5, 0.6) is 0 Å². The lowest BCUT2D eigenvalue weighted by Crippen LogP contribution is -2.50. The van der Waals surface area contributed by atoms with E-state index in [2.05, 4.69) is 22.8 Å². The van der Waals surface area contributed by atoms with Crippen LogP contribution in [-0.2, 0) is 20.7 Å². The van der Waals surface area contributed by atoms with E-state index >= 15 is 0 Å². The molecule has 2 heterocycles. The standard InChI is InChI=1S/C25H27N3O4/c1-16-10-11-17(2)19(13-16)23-22-20(15-32-24(22)30)28(25(31)27-23)14-21(29)26-12-6-9-18-7-4-3-5-8-18/h3-5,7-8,10-11,13,23H,6,9,12,14-15H2,1-2H3,(H,26,29)(H,27,31)/t23-/m1/s1. The first-order valence-corrected chi connectivity index (χ1v) is 10.8. The average molecular weight is 434 g/mol. The summed E-state index contributed by atoms with van der Waals surface area (Å²) in [5, 5.41) is 5.76. The van der Waals surface area contributed by atoms with E-state index in [-0.39, 0.29) is 19.1 Å². The van der Waals surface area contributed by atoms with Gasteiger partial charge in [0.25, 0.3) is 0 Å². The van der Waals surface area contributed by atoms with Gasteiger partial charge in [-0.3, -0.25) is 9.69 Å². The summed E-state index contributed by atoms with van der Waals surface area (Å²) in [4.78, 5) is 39.2. The predicted molar refractivity (Wildman–Crippen MR) is 120 cm³/mol. The van der Waals surface area contributed by atoms with Gasteiger partial charge in [0, 0.05) is 6.54 Å². The molecule has 0 fully saturated rings. The fourth-order valence-corrected chi connectivity index (χ4v) is 4.15. The Morgan fingerprint density at radius 2 is 1.94 bits per heavy atom. The Balaban J connectivity index is 1.44. The third kappa shape index (κ3) is 4.51. The highest BCUT2D eigenvalue weighted by Gasteiger charge is 2.43. The molecule has 0 radical (unpaired) electrons. The molecule has 1 atom stereocenters. The van der Waals surface area contributed by atoms with E-state index < -0.39 is 18.0 Å². The van der Waals surface area contributed by atoms with Gasteiger partial charge >= 0.3 is 12.0 Å². The van der Waals surface area contributed by atoms with E-state index in [0.29, 0.717) is 17.8 Å². The molecule has 0 aliphatic carbocycles. The molecule has 0 saturated heterocycles. The minimum Gasteiger partial charge on any atom is -0.456 e. The molecule has 2 aliphatic heterocycles. The Kier molecular flexibility index (Phi) is 6.25. The number of ether oxygens (including phenoxy) is 1. The molecule has 7 heteroatoms. The van der Waals surface area contributed by atoms with E-state index in [1.807, 2.05) is 50.2 Å². The number of carbonyl (C=O) groups excluding carboxylic acids is 3. The van der Waals surface area contributed by atoms with Crippen LogP contribution in [0.15, 0.2) is 59.8 Å². The summed E-state index contributed by atoms with van der Waals surface area (Å²) < 4.78 is 5.25. The molecule has 32 heavy (non-hydrogen) atoms. The Labute approximate surface area is 187 Å². The first-order chi connectivity index (χ1) is 15.4. The molecule has 0 spiro atoms. The van der Waals surface area contributed by atoms with Gasteiger partial charge < -0.3 is 15.4 Å². The van der Waals surface area contributed by atoms with Gasteiger partial charge in [0.15, 0.2) is 0 Å². The molecule has 2 N–H and O–H groups in total. The number of benzene rings is 2. The summed E-state index contributed by atoms with van der Waals surface area (Å²) >= 11 is 0. The van der Waals surface area contributed by atoms with Gasteiger partial charge in [0.1, 0.15) is 13.2 Å². The third-order valence-electron chi connectivity index (χ3n) is 5.85. The summed E-state index contributed by atoms with van der Waals surface area (Å²) in [7, 11) is 0. The van der Waals surface area contributed by atoms with Crippen molar-refractivity contribution in [1.29, 1.82) is 0 Å². The number of amides is 3. The number of nitrogens with zero attached hydrogens (tertiary/aromatic N) is 1. The monoisotopic (exact) mass is 433 g/mol. The fourth-order valence-electron chi connectivity index (χ4n) is 4.15. The van der Waals surface area contributed by atoms with Gasteiger partial charge in [-0.25, -0.2) is 9.59 Å². The summed E-state index contributed by atoms with van der Waals surface area (Å²) in [5.74, 6) is -0.733. The van der Waals surface area contributed by atoms with Crippen LogP contribution in [0, 0.1) is 13.8 Å². The highest BCUT2D eigenvalue weighted by atomic mass is 16.5. The van der Waals surface area contributed by atoms with Gasteiger partial charge in [-0.2, -0.15) is 0 Å². The van der Waals surface area contributed by atoms with Crippen molar-refractivity contribution in [3.8, 4) is 0 Å². The number of nitrogens with one attached hydrogen (secondary N) is 2. The Hall–Kier alpha value is -3.61. The van der Waals surface area contributed by atoms with Crippen molar-refractivity contribution in [2.45, 2.75) is 32.7 Å². The van der Waals surface area contributed by atoms with Crippen LogP contribution in [0.4, 0.5) is 4.79 Å². The van der Waals surface area contributed by atoms with Gasteiger partial charge in [-0.05, 0) is 43.4 Å². The minimum atomic E-state index is -0.586. The van der Waals surface area contributed by atoms with Crippen LogP contribution in [0.1, 0.15) is 34.7 Å². The quantitative estimate of drug-likeness (QED) is 0.519. The number of aryl methyl sites for hydroxylation is 3. The highest BCUT2D eigenvalue weighted by Crippen LogP contribution is 2.36. The second kappa shape index (κ2) is 9.26. The Bertz CT molecular complexity index is 1080. The number of hydrogen-bond donors (Lipinski definition) is 2. The van der Waals surface area contributed by atoms with Crippen molar-refractivity contribution >= 4 is 17.9 Å². The lowest BCUT2D eigenvalue weighted by atomic mass is 9.91. The molecule has 0 aromatic heterocycles. The lowest BCUT2D eigenvalue weighted by Gasteiger charge is -2.33. The number of urea groups is 1. The summed E-state index contributed by atoms with van der Waals surface area (Å²) in [5.41, 5.74) is 4.93. The average Bonchev–Trinajstić information content (AvgIpc) is 3.17. The highest BCUT2D eigenvalue weighted by molar-refractivity contribution is 5.98. The van der Waals surface area contributed by atoms with Gasteiger partial charge in [0.2, 0.25) is 5.91 Å². The molecule has 2 aliphatic rings. The SMILES string of the molecule is Cc1ccc(C)c([C@H]2NC(=O)N(CC(=O)NCCCc3ccccc3)C3=C2C(=O)OC3)c1. The molecule has 3 amide bonds. The fraction of sp³-hybridized carbons (Fsp3) is 0.320. The number of hydrogen-bond acceptors (Lipinski definition) is 4. The molecule has 0 unspecified atom stereocenters. The zero-order valence-electron chi connectivity index (χ0n) is 18.3. The van der Waals surface area contributed by atoms with Crippen LogP contribution in [0.3, 0.4) is 0 Å². The predicted octanol–water partition coefficient (Wildman–Crippen LogP) is 2.93. The lowest BCUT2D eigenvalue weighted by molar-refractivity contribution is -0.136. The van der Waals surface area contributed by atoms with Crippen LogP contribution in [-0.4, -0.2) is 42.5 Å². The van der Waals surface area contributed by atoms with Crippen molar-refractivity contribution in [1.82, 2.24) is 15.5 Å². The summed E-state index contributed by atoms with van der Waals surface area (Å²) in [6.45, 7) is 4.24. The largest absolute Gasteiger partial charge is 0.456 e. The number of rotatable bonds is 7. The third-order valence-corrected chi connectivity index (χ3v) is 5.85. The molecule has 4 rings (SSSR count). The van der Waals surface area contributed by atoms with Gasteiger partial charge in [-0.15, -0.1) is 0 Å². The Morgan fingerprint density at radius 1 is 1.16 bits per heavy atom. The second-order valence-corrected chi connectivity index (χ2v) is 8.20. The molecule has 0 saturated carbocycles. The Morgan fingerprint density at radius 3 is 2.72 bits per heavy atom. The number of esters is 1. The van der Waals surface area contributed by atoms with E-state index in [9.17, 15) is 14.4 Å². The van der Waals surface area contributed by atoms with E-state index in [4.69, 9.17) is 4.74 Å². The minimum absolute atomic E-state index is 0.00969. The molecule has 2 aromatic rings. The van der Waals surface area contributed by atoms with Crippen LogP contribution in [0.2, 0.25) is 0 Å². The molecular formula is C25H27N3O4. The van der Waals surface area contributed by atoms with Crippen LogP contribution >= 0.6 is 0 Å². The van der Waals surface area contributed by atoms with E-state index in [1.54, 1.807) is 0 Å². The van der Waals surface area contributed by atoms with Crippen molar-refractivity contribution in [2.75, 3.05) is 19.7 Å². The van der Waals surface area contributed by atoms with Crippen LogP contribution in [0.25, 0.3) is 0 Å². The zero-order valence-corrected chi connectivity index (χ0v) is 18.3. The first-order valence-electron chi connectivity index (χ1n) is 10.8. The van der Waals surface area contributed by atoms with Gasteiger partial charge in [-0.1, -0.05) is 54.1 Å². The topological polar surface area (TPSA) is 87.7 Å². The smallest absolute Gasteiger partial charge is 0.338 e. The van der Waals surface area contributed by atoms with Crippen molar-refractivity contribution in [2.24, 2.45) is 0 Å². The molecular weight excluding hydrogens is 406 g/mol. The molecule has 2 aromatic carbocycles. The second-order valence-electron chi connectivity index (χ2n) is 8.20. The first kappa shape index (κ1) is 21.6. The zero-order chi connectivity index (χ0) is 22.7. The van der Waals surface area contributed by atoms with E-state index in [1.165, 1.54) is 10.5 Å². The van der Waals surface area contributed by atoms with Crippen molar-refractivity contribution < 1.29 is 19.1 Å². The van der Waals surface area contributed by atoms with Crippen molar-refractivity contribution in [3.05, 3.63) is 82.1 Å². The van der Waals surface area contributed by atoms with Crippen molar-refractivity contribution in [3.63, 3.8) is 0 Å². The van der Waals surface area contributed by atoms with Crippen LogP contribution < -0.4 is 10.6 Å².